The second-order valence-corrected chi connectivity index (χ2v) is 7.80. The van der Waals surface area contributed by atoms with Gasteiger partial charge in [0.15, 0.2) is 0 Å². The van der Waals surface area contributed by atoms with E-state index in [9.17, 15) is 10.2 Å². The molecule has 0 atom stereocenters. The van der Waals surface area contributed by atoms with Gasteiger partial charge in [-0.05, 0) is 86.1 Å². The standard InChI is InChI=1S/C25H28O2/c1-14-7-8-15(2)22(9-14)23(20-10-16(3)24(26)17(4)11-20)21-12-18(5)25(27)19(6)13-21/h7-13,23,26-27H,1-6H3. The molecule has 0 aliphatic heterocycles. The maximum atomic E-state index is 10.2. The molecule has 0 spiro atoms. The maximum Gasteiger partial charge on any atom is 0.121 e. The van der Waals surface area contributed by atoms with E-state index in [1.807, 2.05) is 27.7 Å². The fourth-order valence-corrected chi connectivity index (χ4v) is 3.93. The van der Waals surface area contributed by atoms with E-state index < -0.39 is 0 Å². The van der Waals surface area contributed by atoms with Gasteiger partial charge >= 0.3 is 0 Å². The molecule has 0 aromatic heterocycles. The zero-order valence-electron chi connectivity index (χ0n) is 17.0. The Morgan fingerprint density at radius 3 is 1.37 bits per heavy atom. The molecule has 140 valence electrons. The third-order valence-electron chi connectivity index (χ3n) is 5.44. The number of aryl methyl sites for hydroxylation is 6. The summed E-state index contributed by atoms with van der Waals surface area (Å²) in [5.41, 5.74) is 9.54. The Balaban J connectivity index is 2.32. The van der Waals surface area contributed by atoms with Gasteiger partial charge in [-0.1, -0.05) is 48.0 Å². The molecule has 2 N–H and O–H groups in total. The van der Waals surface area contributed by atoms with Crippen molar-refractivity contribution < 1.29 is 10.2 Å². The van der Waals surface area contributed by atoms with Crippen LogP contribution in [0.3, 0.4) is 0 Å². The Morgan fingerprint density at radius 1 is 0.556 bits per heavy atom. The molecule has 0 fully saturated rings. The Morgan fingerprint density at radius 2 is 0.963 bits per heavy atom. The van der Waals surface area contributed by atoms with E-state index in [0.29, 0.717) is 11.5 Å². The number of hydrogen-bond donors (Lipinski definition) is 2. The molecular formula is C25H28O2. The van der Waals surface area contributed by atoms with E-state index in [4.69, 9.17) is 0 Å². The Hall–Kier alpha value is -2.74. The highest BCUT2D eigenvalue weighted by Crippen LogP contribution is 2.39. The van der Waals surface area contributed by atoms with E-state index in [0.717, 1.165) is 33.4 Å². The zero-order chi connectivity index (χ0) is 19.9. The lowest BCUT2D eigenvalue weighted by molar-refractivity contribution is 0.466. The topological polar surface area (TPSA) is 40.5 Å². The van der Waals surface area contributed by atoms with Crippen molar-refractivity contribution in [3.05, 3.63) is 92.5 Å². The van der Waals surface area contributed by atoms with Gasteiger partial charge < -0.3 is 10.2 Å². The van der Waals surface area contributed by atoms with Crippen molar-refractivity contribution in [1.29, 1.82) is 0 Å². The molecule has 0 bridgehead atoms. The fraction of sp³-hybridized carbons (Fsp3) is 0.280. The third kappa shape index (κ3) is 3.57. The largest absolute Gasteiger partial charge is 0.507 e. The molecule has 0 heterocycles. The number of hydrogen-bond acceptors (Lipinski definition) is 2. The van der Waals surface area contributed by atoms with Crippen molar-refractivity contribution in [2.24, 2.45) is 0 Å². The number of benzene rings is 3. The minimum Gasteiger partial charge on any atom is -0.507 e. The Bertz CT molecular complexity index is 911. The van der Waals surface area contributed by atoms with Gasteiger partial charge in [-0.25, -0.2) is 0 Å². The summed E-state index contributed by atoms with van der Waals surface area (Å²) in [5.74, 6) is 0.758. The SMILES string of the molecule is Cc1ccc(C)c(C(c2cc(C)c(O)c(C)c2)c2cc(C)c(O)c(C)c2)c1. The van der Waals surface area contributed by atoms with Crippen LogP contribution in [0.4, 0.5) is 0 Å². The molecule has 3 aromatic rings. The summed E-state index contributed by atoms with van der Waals surface area (Å²) in [6.07, 6.45) is 0. The highest BCUT2D eigenvalue weighted by Gasteiger charge is 2.22. The predicted molar refractivity (Wildman–Crippen MR) is 112 cm³/mol. The summed E-state index contributed by atoms with van der Waals surface area (Å²) in [6, 6.07) is 14.8. The first-order valence-corrected chi connectivity index (χ1v) is 9.36. The van der Waals surface area contributed by atoms with Crippen molar-refractivity contribution >= 4 is 0 Å². The smallest absolute Gasteiger partial charge is 0.121 e. The van der Waals surface area contributed by atoms with Crippen molar-refractivity contribution in [3.8, 4) is 11.5 Å². The summed E-state index contributed by atoms with van der Waals surface area (Å²) in [7, 11) is 0. The van der Waals surface area contributed by atoms with Crippen LogP contribution in [-0.4, -0.2) is 10.2 Å². The molecule has 27 heavy (non-hydrogen) atoms. The molecular weight excluding hydrogens is 332 g/mol. The fourth-order valence-electron chi connectivity index (χ4n) is 3.93. The normalized spacial score (nSPS) is 11.2. The monoisotopic (exact) mass is 360 g/mol. The van der Waals surface area contributed by atoms with Gasteiger partial charge in [0.05, 0.1) is 0 Å². The second-order valence-electron chi connectivity index (χ2n) is 7.80. The molecule has 0 aliphatic carbocycles. The van der Waals surface area contributed by atoms with Crippen molar-refractivity contribution in [2.75, 3.05) is 0 Å². The van der Waals surface area contributed by atoms with Crippen LogP contribution in [0.15, 0.2) is 42.5 Å². The highest BCUT2D eigenvalue weighted by molar-refractivity contribution is 5.54. The summed E-state index contributed by atoms with van der Waals surface area (Å²) < 4.78 is 0. The van der Waals surface area contributed by atoms with Gasteiger partial charge in [0.1, 0.15) is 11.5 Å². The molecule has 0 unspecified atom stereocenters. The van der Waals surface area contributed by atoms with Crippen molar-refractivity contribution in [1.82, 2.24) is 0 Å². The zero-order valence-corrected chi connectivity index (χ0v) is 17.0. The highest BCUT2D eigenvalue weighted by atomic mass is 16.3. The van der Waals surface area contributed by atoms with Gasteiger partial charge in [-0.15, -0.1) is 0 Å². The van der Waals surface area contributed by atoms with Gasteiger partial charge in [0, 0.05) is 5.92 Å². The first kappa shape index (κ1) is 19.0. The number of aromatic hydroxyl groups is 2. The van der Waals surface area contributed by atoms with Crippen LogP contribution in [0.2, 0.25) is 0 Å². The predicted octanol–water partition coefficient (Wildman–Crippen LogP) is 6.13. The molecule has 0 radical (unpaired) electrons. The van der Waals surface area contributed by atoms with Crippen LogP contribution in [0.25, 0.3) is 0 Å². The van der Waals surface area contributed by atoms with Crippen LogP contribution >= 0.6 is 0 Å². The third-order valence-corrected chi connectivity index (χ3v) is 5.44. The van der Waals surface area contributed by atoms with Crippen LogP contribution in [0, 0.1) is 41.5 Å². The maximum absolute atomic E-state index is 10.2. The molecule has 2 nitrogen and oxygen atoms in total. The quantitative estimate of drug-likeness (QED) is 0.552. The molecule has 0 amide bonds. The lowest BCUT2D eigenvalue weighted by atomic mass is 9.80. The van der Waals surface area contributed by atoms with Crippen LogP contribution in [0.1, 0.15) is 56.0 Å². The van der Waals surface area contributed by atoms with E-state index in [1.165, 1.54) is 16.7 Å². The van der Waals surface area contributed by atoms with Crippen LogP contribution < -0.4 is 0 Å². The Labute approximate surface area is 162 Å². The molecule has 2 heteroatoms. The van der Waals surface area contributed by atoms with Gasteiger partial charge in [0.2, 0.25) is 0 Å². The van der Waals surface area contributed by atoms with Crippen LogP contribution in [-0.2, 0) is 0 Å². The first-order chi connectivity index (χ1) is 12.7. The minimum absolute atomic E-state index is 0.0425. The molecule has 0 aliphatic rings. The van der Waals surface area contributed by atoms with Gasteiger partial charge in [-0.2, -0.15) is 0 Å². The summed E-state index contributed by atoms with van der Waals surface area (Å²) in [6.45, 7) is 12.0. The minimum atomic E-state index is 0.0425. The molecule has 0 saturated heterocycles. The first-order valence-electron chi connectivity index (χ1n) is 9.36. The summed E-state index contributed by atoms with van der Waals surface area (Å²) in [4.78, 5) is 0. The van der Waals surface area contributed by atoms with Crippen molar-refractivity contribution in [2.45, 2.75) is 47.5 Å². The van der Waals surface area contributed by atoms with Crippen LogP contribution in [0.5, 0.6) is 11.5 Å². The van der Waals surface area contributed by atoms with E-state index in [1.54, 1.807) is 0 Å². The van der Waals surface area contributed by atoms with E-state index in [2.05, 4.69) is 56.3 Å². The van der Waals surface area contributed by atoms with Gasteiger partial charge in [0.25, 0.3) is 0 Å². The summed E-state index contributed by atoms with van der Waals surface area (Å²) >= 11 is 0. The lowest BCUT2D eigenvalue weighted by Crippen LogP contribution is -2.07. The molecule has 3 rings (SSSR count). The lowest BCUT2D eigenvalue weighted by Gasteiger charge is -2.24. The number of rotatable bonds is 3. The van der Waals surface area contributed by atoms with Gasteiger partial charge in [-0.3, -0.25) is 0 Å². The van der Waals surface area contributed by atoms with E-state index >= 15 is 0 Å². The summed E-state index contributed by atoms with van der Waals surface area (Å²) in [5, 5.41) is 20.5. The average Bonchev–Trinajstić information content (AvgIpc) is 2.60. The second kappa shape index (κ2) is 7.11. The van der Waals surface area contributed by atoms with Crippen molar-refractivity contribution in [3.63, 3.8) is 0 Å². The molecule has 3 aromatic carbocycles. The number of phenols is 2. The molecule has 0 saturated carbocycles. The number of phenolic OH excluding ortho intramolecular Hbond substituents is 2. The Kier molecular flexibility index (Phi) is 5.01. The average molecular weight is 360 g/mol. The van der Waals surface area contributed by atoms with E-state index in [-0.39, 0.29) is 5.92 Å².